The number of aromatic hydroxyl groups is 2. The van der Waals surface area contributed by atoms with Crippen molar-refractivity contribution >= 4 is 5.97 Å². The van der Waals surface area contributed by atoms with Gasteiger partial charge in [-0.15, -0.1) is 0 Å². The number of hydrogen-bond acceptors (Lipinski definition) is 4. The van der Waals surface area contributed by atoms with Crippen molar-refractivity contribution in [3.05, 3.63) is 23.8 Å². The summed E-state index contributed by atoms with van der Waals surface area (Å²) in [6.45, 7) is 1.49. The molecule has 1 aliphatic rings. The second kappa shape index (κ2) is 6.61. The molecule has 1 aromatic carbocycles. The van der Waals surface area contributed by atoms with E-state index >= 15 is 0 Å². The maximum Gasteiger partial charge on any atom is 0.306 e. The lowest BCUT2D eigenvalue weighted by atomic mass is 9.82. The predicted molar refractivity (Wildman–Crippen MR) is 74.6 cm³/mol. The van der Waals surface area contributed by atoms with Crippen LogP contribution in [0.5, 0.6) is 11.5 Å². The predicted octanol–water partition coefficient (Wildman–Crippen LogP) is 2.08. The van der Waals surface area contributed by atoms with Gasteiger partial charge in [0.05, 0.1) is 5.92 Å². The van der Waals surface area contributed by atoms with E-state index in [1.807, 2.05) is 0 Å². The minimum atomic E-state index is -0.670. The van der Waals surface area contributed by atoms with Crippen molar-refractivity contribution in [1.82, 2.24) is 5.32 Å². The zero-order valence-corrected chi connectivity index (χ0v) is 11.4. The lowest BCUT2D eigenvalue weighted by Crippen LogP contribution is -2.28. The minimum absolute atomic E-state index is 0.105. The van der Waals surface area contributed by atoms with Crippen molar-refractivity contribution in [2.45, 2.75) is 32.2 Å². The molecular formula is C15H21NO4. The normalized spacial score (nSPS) is 22.6. The number of benzene rings is 1. The highest BCUT2D eigenvalue weighted by Gasteiger charge is 2.25. The molecule has 20 heavy (non-hydrogen) atoms. The zero-order valence-electron chi connectivity index (χ0n) is 11.4. The van der Waals surface area contributed by atoms with Gasteiger partial charge >= 0.3 is 5.97 Å². The van der Waals surface area contributed by atoms with E-state index in [9.17, 15) is 15.0 Å². The van der Waals surface area contributed by atoms with Crippen molar-refractivity contribution in [2.24, 2.45) is 11.8 Å². The molecule has 0 heterocycles. The van der Waals surface area contributed by atoms with E-state index < -0.39 is 5.97 Å². The Kier molecular flexibility index (Phi) is 4.84. The van der Waals surface area contributed by atoms with Gasteiger partial charge in [-0.25, -0.2) is 0 Å². The molecule has 0 aromatic heterocycles. The van der Waals surface area contributed by atoms with E-state index in [4.69, 9.17) is 5.11 Å². The van der Waals surface area contributed by atoms with Gasteiger partial charge in [-0.3, -0.25) is 4.79 Å². The summed E-state index contributed by atoms with van der Waals surface area (Å²) in [6, 6.07) is 4.79. The lowest BCUT2D eigenvalue weighted by Gasteiger charge is -2.26. The summed E-state index contributed by atoms with van der Waals surface area (Å²) in [5.41, 5.74) is 0.916. The van der Waals surface area contributed by atoms with Gasteiger partial charge in [-0.2, -0.15) is 0 Å². The first-order chi connectivity index (χ1) is 9.56. The van der Waals surface area contributed by atoms with E-state index in [1.165, 1.54) is 6.07 Å². The third-order valence-corrected chi connectivity index (χ3v) is 4.00. The van der Waals surface area contributed by atoms with Crippen LogP contribution in [0.3, 0.4) is 0 Å². The van der Waals surface area contributed by atoms with Gasteiger partial charge in [0, 0.05) is 6.54 Å². The van der Waals surface area contributed by atoms with Gasteiger partial charge in [-0.1, -0.05) is 6.07 Å². The van der Waals surface area contributed by atoms with E-state index in [2.05, 4.69) is 5.32 Å². The third-order valence-electron chi connectivity index (χ3n) is 4.00. The molecule has 1 aromatic rings. The van der Waals surface area contributed by atoms with Gasteiger partial charge < -0.3 is 20.6 Å². The van der Waals surface area contributed by atoms with Crippen molar-refractivity contribution in [3.63, 3.8) is 0 Å². The molecule has 0 bridgehead atoms. The zero-order chi connectivity index (χ0) is 14.5. The standard InChI is InChI=1S/C15H21NO4/c17-13-6-3-11(7-14(13)18)9-16-8-10-1-4-12(5-2-10)15(19)20/h3,6-7,10,12,16-18H,1-2,4-5,8-9H2,(H,19,20). The van der Waals surface area contributed by atoms with E-state index in [0.717, 1.165) is 37.8 Å². The topological polar surface area (TPSA) is 89.8 Å². The molecular weight excluding hydrogens is 258 g/mol. The molecule has 2 rings (SSSR count). The van der Waals surface area contributed by atoms with Crippen LogP contribution < -0.4 is 5.32 Å². The lowest BCUT2D eigenvalue weighted by molar-refractivity contribution is -0.143. The molecule has 110 valence electrons. The Morgan fingerprint density at radius 1 is 1.15 bits per heavy atom. The average Bonchev–Trinajstić information content (AvgIpc) is 2.43. The maximum absolute atomic E-state index is 10.9. The van der Waals surface area contributed by atoms with Crippen LogP contribution in [0.25, 0.3) is 0 Å². The highest BCUT2D eigenvalue weighted by atomic mass is 16.4. The first-order valence-electron chi connectivity index (χ1n) is 7.00. The van der Waals surface area contributed by atoms with E-state index in [0.29, 0.717) is 12.5 Å². The van der Waals surface area contributed by atoms with Gasteiger partial charge in [-0.05, 0) is 55.8 Å². The summed E-state index contributed by atoms with van der Waals surface area (Å²) in [7, 11) is 0. The molecule has 0 radical (unpaired) electrons. The van der Waals surface area contributed by atoms with Gasteiger partial charge in [0.15, 0.2) is 11.5 Å². The fourth-order valence-corrected chi connectivity index (χ4v) is 2.71. The number of carboxylic acid groups (broad SMARTS) is 1. The summed E-state index contributed by atoms with van der Waals surface area (Å²) in [5, 5.41) is 30.9. The highest BCUT2D eigenvalue weighted by molar-refractivity contribution is 5.69. The molecule has 5 heteroatoms. The number of nitrogens with one attached hydrogen (secondary N) is 1. The Morgan fingerprint density at radius 3 is 2.45 bits per heavy atom. The van der Waals surface area contributed by atoms with Crippen LogP contribution in [-0.2, 0) is 11.3 Å². The molecule has 4 N–H and O–H groups in total. The Balaban J connectivity index is 1.71. The van der Waals surface area contributed by atoms with Crippen LogP contribution in [0, 0.1) is 11.8 Å². The Bertz CT molecular complexity index is 467. The fourth-order valence-electron chi connectivity index (χ4n) is 2.71. The van der Waals surface area contributed by atoms with Crippen LogP contribution in [-0.4, -0.2) is 27.8 Å². The molecule has 1 fully saturated rings. The van der Waals surface area contributed by atoms with Crippen LogP contribution in [0.2, 0.25) is 0 Å². The Labute approximate surface area is 118 Å². The molecule has 0 spiro atoms. The van der Waals surface area contributed by atoms with Crippen molar-refractivity contribution in [3.8, 4) is 11.5 Å². The first-order valence-corrected chi connectivity index (χ1v) is 7.00. The quantitative estimate of drug-likeness (QED) is 0.620. The number of carboxylic acids is 1. The number of carbonyl (C=O) groups is 1. The summed E-state index contributed by atoms with van der Waals surface area (Å²) < 4.78 is 0. The number of aliphatic carboxylic acids is 1. The van der Waals surface area contributed by atoms with Crippen LogP contribution in [0.4, 0.5) is 0 Å². The number of hydrogen-bond donors (Lipinski definition) is 4. The first kappa shape index (κ1) is 14.7. The molecule has 0 aliphatic heterocycles. The molecule has 1 saturated carbocycles. The van der Waals surface area contributed by atoms with Crippen molar-refractivity contribution in [1.29, 1.82) is 0 Å². The monoisotopic (exact) mass is 279 g/mol. The molecule has 0 amide bonds. The molecule has 5 nitrogen and oxygen atoms in total. The second-order valence-electron chi connectivity index (χ2n) is 5.51. The van der Waals surface area contributed by atoms with Gasteiger partial charge in [0.25, 0.3) is 0 Å². The summed E-state index contributed by atoms with van der Waals surface area (Å²) >= 11 is 0. The van der Waals surface area contributed by atoms with Crippen molar-refractivity contribution < 1.29 is 20.1 Å². The maximum atomic E-state index is 10.9. The average molecular weight is 279 g/mol. The van der Waals surface area contributed by atoms with E-state index in [1.54, 1.807) is 12.1 Å². The SMILES string of the molecule is O=C(O)C1CCC(CNCc2ccc(O)c(O)c2)CC1. The molecule has 0 unspecified atom stereocenters. The van der Waals surface area contributed by atoms with Gasteiger partial charge in [0.2, 0.25) is 0 Å². The Hall–Kier alpha value is -1.75. The molecule has 0 atom stereocenters. The number of phenols is 2. The number of rotatable bonds is 5. The van der Waals surface area contributed by atoms with Crippen molar-refractivity contribution in [2.75, 3.05) is 6.54 Å². The van der Waals surface area contributed by atoms with Gasteiger partial charge in [0.1, 0.15) is 0 Å². The summed E-state index contributed by atoms with van der Waals surface area (Å²) in [5.74, 6) is -0.528. The minimum Gasteiger partial charge on any atom is -0.504 e. The fraction of sp³-hybridized carbons (Fsp3) is 0.533. The second-order valence-corrected chi connectivity index (χ2v) is 5.51. The third kappa shape index (κ3) is 3.87. The Morgan fingerprint density at radius 2 is 1.85 bits per heavy atom. The van der Waals surface area contributed by atoms with E-state index in [-0.39, 0.29) is 17.4 Å². The number of phenolic OH excluding ortho intramolecular Hbond substituents is 2. The summed E-state index contributed by atoms with van der Waals surface area (Å²) in [4.78, 5) is 10.9. The van der Waals surface area contributed by atoms with Crippen LogP contribution in [0.15, 0.2) is 18.2 Å². The largest absolute Gasteiger partial charge is 0.504 e. The smallest absolute Gasteiger partial charge is 0.306 e. The summed E-state index contributed by atoms with van der Waals surface area (Å²) in [6.07, 6.45) is 3.43. The molecule has 0 saturated heterocycles. The highest BCUT2D eigenvalue weighted by Crippen LogP contribution is 2.28. The molecule has 1 aliphatic carbocycles. The van der Waals surface area contributed by atoms with Crippen LogP contribution >= 0.6 is 0 Å². The van der Waals surface area contributed by atoms with Crippen LogP contribution in [0.1, 0.15) is 31.2 Å².